The lowest BCUT2D eigenvalue weighted by Crippen LogP contribution is -2.34. The van der Waals surface area contributed by atoms with Crippen LogP contribution in [-0.4, -0.2) is 25.1 Å². The zero-order valence-corrected chi connectivity index (χ0v) is 13.4. The van der Waals surface area contributed by atoms with Crippen LogP contribution < -0.4 is 10.5 Å². The van der Waals surface area contributed by atoms with E-state index in [0.717, 1.165) is 16.3 Å². The summed E-state index contributed by atoms with van der Waals surface area (Å²) in [7, 11) is 1.52. The Bertz CT molecular complexity index is 781. The Labute approximate surface area is 134 Å². The van der Waals surface area contributed by atoms with Crippen molar-refractivity contribution in [3.63, 3.8) is 0 Å². The van der Waals surface area contributed by atoms with Crippen molar-refractivity contribution in [2.24, 2.45) is 5.73 Å². The van der Waals surface area contributed by atoms with Crippen LogP contribution in [0.3, 0.4) is 0 Å². The van der Waals surface area contributed by atoms with Gasteiger partial charge >= 0.3 is 5.97 Å². The summed E-state index contributed by atoms with van der Waals surface area (Å²) in [5.74, 6) is -0.870. The number of carbonyl (C=O) groups is 2. The van der Waals surface area contributed by atoms with Crippen molar-refractivity contribution in [3.05, 3.63) is 53.6 Å². The fraction of sp³-hybridized carbons (Fsp3) is 0.222. The molecule has 0 aliphatic carbocycles. The van der Waals surface area contributed by atoms with Crippen molar-refractivity contribution in [3.8, 4) is 5.75 Å². The molecule has 2 aromatic carbocycles. The van der Waals surface area contributed by atoms with Gasteiger partial charge in [0.25, 0.3) is 5.91 Å². The van der Waals surface area contributed by atoms with Crippen LogP contribution in [0, 0.1) is 6.92 Å². The summed E-state index contributed by atoms with van der Waals surface area (Å²) in [5.41, 5.74) is 6.94. The van der Waals surface area contributed by atoms with Gasteiger partial charge in [0.1, 0.15) is 5.75 Å². The normalized spacial score (nSPS) is 11.8. The molecule has 2 rings (SSSR count). The maximum atomic E-state index is 12.5. The first kappa shape index (κ1) is 16.5. The molecule has 0 saturated carbocycles. The highest BCUT2D eigenvalue weighted by Gasteiger charge is 2.23. The number of benzene rings is 2. The molecule has 0 aliphatic rings. The maximum absolute atomic E-state index is 12.5. The summed E-state index contributed by atoms with van der Waals surface area (Å²) in [6, 6.07) is 9.05. The highest BCUT2D eigenvalue weighted by atomic mass is 16.5. The number of carbonyl (C=O) groups excluding carboxylic acids is 2. The van der Waals surface area contributed by atoms with E-state index in [2.05, 4.69) is 6.58 Å². The van der Waals surface area contributed by atoms with Gasteiger partial charge in [-0.1, -0.05) is 24.8 Å². The van der Waals surface area contributed by atoms with Crippen molar-refractivity contribution < 1.29 is 19.1 Å². The average molecular weight is 313 g/mol. The van der Waals surface area contributed by atoms with E-state index in [1.165, 1.54) is 7.11 Å². The van der Waals surface area contributed by atoms with Gasteiger partial charge in [-0.15, -0.1) is 0 Å². The Hall–Kier alpha value is -2.82. The predicted molar refractivity (Wildman–Crippen MR) is 88.4 cm³/mol. The Balaban J connectivity index is 2.53. The maximum Gasteiger partial charge on any atom is 0.340 e. The van der Waals surface area contributed by atoms with E-state index in [1.54, 1.807) is 13.0 Å². The minimum atomic E-state index is -1.16. The van der Waals surface area contributed by atoms with Gasteiger partial charge in [0.15, 0.2) is 0 Å². The van der Waals surface area contributed by atoms with Gasteiger partial charge in [-0.05, 0) is 47.9 Å². The zero-order valence-electron chi connectivity index (χ0n) is 13.4. The first-order valence-electron chi connectivity index (χ1n) is 7.08. The Morgan fingerprint density at radius 1 is 1.22 bits per heavy atom. The smallest absolute Gasteiger partial charge is 0.340 e. The average Bonchev–Trinajstić information content (AvgIpc) is 2.51. The monoisotopic (exact) mass is 313 g/mol. The third-order valence-electron chi connectivity index (χ3n) is 3.57. The van der Waals surface area contributed by atoms with E-state index in [1.807, 2.05) is 31.2 Å². The van der Waals surface area contributed by atoms with E-state index in [4.69, 9.17) is 15.2 Å². The third-order valence-corrected chi connectivity index (χ3v) is 3.57. The lowest BCUT2D eigenvalue weighted by atomic mass is 10.00. The lowest BCUT2D eigenvalue weighted by molar-refractivity contribution is -0.124. The van der Waals surface area contributed by atoms with Crippen LogP contribution in [-0.2, 0) is 9.53 Å². The van der Waals surface area contributed by atoms with Gasteiger partial charge in [0, 0.05) is 0 Å². The van der Waals surface area contributed by atoms with Gasteiger partial charge in [-0.2, -0.15) is 0 Å². The molecule has 120 valence electrons. The van der Waals surface area contributed by atoms with Crippen molar-refractivity contribution in [1.82, 2.24) is 0 Å². The summed E-state index contributed by atoms with van der Waals surface area (Å²) < 4.78 is 10.5. The fourth-order valence-corrected chi connectivity index (χ4v) is 2.37. The first-order chi connectivity index (χ1) is 10.8. The molecule has 1 atom stereocenters. The number of esters is 1. The molecule has 23 heavy (non-hydrogen) atoms. The molecular weight excluding hydrogens is 294 g/mol. The molecule has 0 bridgehead atoms. The third kappa shape index (κ3) is 3.34. The van der Waals surface area contributed by atoms with Gasteiger partial charge < -0.3 is 15.2 Å². The van der Waals surface area contributed by atoms with Gasteiger partial charge in [0.05, 0.1) is 12.7 Å². The van der Waals surface area contributed by atoms with E-state index >= 15 is 0 Å². The number of primary amides is 1. The van der Waals surface area contributed by atoms with Gasteiger partial charge in [0.2, 0.25) is 6.10 Å². The minimum absolute atomic E-state index is 0.315. The quantitative estimate of drug-likeness (QED) is 0.680. The summed E-state index contributed by atoms with van der Waals surface area (Å²) in [5, 5.41) is 1.60. The predicted octanol–water partition coefficient (Wildman–Crippen LogP) is 2.74. The molecule has 0 unspecified atom stereocenters. The molecule has 0 fully saturated rings. The minimum Gasteiger partial charge on any atom is -0.497 e. The number of amides is 1. The molecular formula is C18H19NO4. The molecule has 2 aromatic rings. The molecule has 5 heteroatoms. The number of hydrogen-bond donors (Lipinski definition) is 1. The number of nitrogens with two attached hydrogens (primary N) is 1. The Kier molecular flexibility index (Phi) is 4.69. The van der Waals surface area contributed by atoms with Crippen molar-refractivity contribution in [2.75, 3.05) is 7.11 Å². The number of fused-ring (bicyclic) bond motifs is 1. The van der Waals surface area contributed by atoms with Crippen LogP contribution in [0.25, 0.3) is 10.8 Å². The van der Waals surface area contributed by atoms with Crippen LogP contribution in [0.5, 0.6) is 5.75 Å². The SMILES string of the molecule is C=C(C)[C@H](OC(=O)c1cc(OC)cc2c(C)cccc12)C(N)=O. The van der Waals surface area contributed by atoms with Gasteiger partial charge in [-0.25, -0.2) is 4.79 Å². The second-order valence-electron chi connectivity index (χ2n) is 5.38. The second kappa shape index (κ2) is 6.52. The summed E-state index contributed by atoms with van der Waals surface area (Å²) in [4.78, 5) is 23.9. The number of rotatable bonds is 5. The first-order valence-corrected chi connectivity index (χ1v) is 7.08. The van der Waals surface area contributed by atoms with E-state index < -0.39 is 18.0 Å². The molecule has 0 radical (unpaired) electrons. The highest BCUT2D eigenvalue weighted by molar-refractivity contribution is 6.06. The van der Waals surface area contributed by atoms with Crippen LogP contribution in [0.2, 0.25) is 0 Å². The van der Waals surface area contributed by atoms with Crippen LogP contribution in [0.4, 0.5) is 0 Å². The Morgan fingerprint density at radius 2 is 1.91 bits per heavy atom. The molecule has 0 aromatic heterocycles. The van der Waals surface area contributed by atoms with Crippen LogP contribution >= 0.6 is 0 Å². The highest BCUT2D eigenvalue weighted by Crippen LogP contribution is 2.28. The molecule has 0 saturated heterocycles. The van der Waals surface area contributed by atoms with Crippen molar-refractivity contribution >= 4 is 22.6 Å². The largest absolute Gasteiger partial charge is 0.497 e. The van der Waals surface area contributed by atoms with Crippen LogP contribution in [0.1, 0.15) is 22.8 Å². The second-order valence-corrected chi connectivity index (χ2v) is 5.38. The summed E-state index contributed by atoms with van der Waals surface area (Å²) in [6.07, 6.45) is -1.16. The van der Waals surface area contributed by atoms with E-state index in [-0.39, 0.29) is 0 Å². The molecule has 2 N–H and O–H groups in total. The standard InChI is InChI=1S/C18H19NO4/c1-10(2)16(17(19)20)23-18(21)15-9-12(22-4)8-14-11(3)6-5-7-13(14)15/h5-9,16H,1H2,2-4H3,(H2,19,20)/t16-/m0/s1. The molecule has 0 spiro atoms. The number of ether oxygens (including phenoxy) is 2. The molecule has 1 amide bonds. The summed E-state index contributed by atoms with van der Waals surface area (Å²) >= 11 is 0. The molecule has 5 nitrogen and oxygen atoms in total. The van der Waals surface area contributed by atoms with Crippen LogP contribution in [0.15, 0.2) is 42.5 Å². The van der Waals surface area contributed by atoms with Crippen molar-refractivity contribution in [1.29, 1.82) is 0 Å². The number of methoxy groups -OCH3 is 1. The number of aryl methyl sites for hydroxylation is 1. The summed E-state index contributed by atoms with van der Waals surface area (Å²) in [6.45, 7) is 7.15. The molecule has 0 heterocycles. The lowest BCUT2D eigenvalue weighted by Gasteiger charge is -2.16. The van der Waals surface area contributed by atoms with E-state index in [0.29, 0.717) is 16.9 Å². The fourth-order valence-electron chi connectivity index (χ4n) is 2.37. The van der Waals surface area contributed by atoms with Gasteiger partial charge in [-0.3, -0.25) is 4.79 Å². The topological polar surface area (TPSA) is 78.6 Å². The van der Waals surface area contributed by atoms with E-state index in [9.17, 15) is 9.59 Å². The van der Waals surface area contributed by atoms with Crippen molar-refractivity contribution in [2.45, 2.75) is 20.0 Å². The Morgan fingerprint density at radius 3 is 2.48 bits per heavy atom. The number of hydrogen-bond acceptors (Lipinski definition) is 4. The molecule has 0 aliphatic heterocycles. The zero-order chi connectivity index (χ0) is 17.1.